The third kappa shape index (κ3) is 6.70. The van der Waals surface area contributed by atoms with Crippen LogP contribution < -0.4 is 11.1 Å². The third-order valence-electron chi connectivity index (χ3n) is 6.03. The molecule has 188 valence electrons. The Balaban J connectivity index is 1.32. The van der Waals surface area contributed by atoms with Gasteiger partial charge in [0, 0.05) is 42.4 Å². The molecule has 2 heterocycles. The van der Waals surface area contributed by atoms with Gasteiger partial charge in [0.25, 0.3) is 5.91 Å². The summed E-state index contributed by atoms with van der Waals surface area (Å²) in [6.45, 7) is 5.10. The maximum Gasteiger partial charge on any atom is 0.435 e. The van der Waals surface area contributed by atoms with E-state index in [0.717, 1.165) is 28.1 Å². The van der Waals surface area contributed by atoms with E-state index < -0.39 is 6.09 Å². The SMILES string of the molecule is Cc1cc(C(=O)NCc2ccc(C(N)=NC(=O)OCc3ccccc3)cc2)c(C)n1Cc1ccncc1. The molecule has 4 rings (SSSR count). The van der Waals surface area contributed by atoms with Crippen molar-refractivity contribution in [2.24, 2.45) is 10.7 Å². The van der Waals surface area contributed by atoms with Gasteiger partial charge in [-0.2, -0.15) is 4.99 Å². The molecule has 0 aliphatic carbocycles. The zero-order chi connectivity index (χ0) is 26.2. The van der Waals surface area contributed by atoms with E-state index in [0.29, 0.717) is 24.2 Å². The highest BCUT2D eigenvalue weighted by atomic mass is 16.5. The molecular formula is C29H29N5O3. The number of aryl methyl sites for hydroxylation is 1. The number of hydrogen-bond acceptors (Lipinski definition) is 4. The number of rotatable bonds is 8. The normalized spacial score (nSPS) is 11.2. The molecule has 0 aliphatic rings. The van der Waals surface area contributed by atoms with E-state index in [-0.39, 0.29) is 18.3 Å². The van der Waals surface area contributed by atoms with Crippen LogP contribution in [-0.2, 0) is 24.4 Å². The van der Waals surface area contributed by atoms with Crippen LogP contribution in [0.4, 0.5) is 4.79 Å². The van der Waals surface area contributed by atoms with E-state index >= 15 is 0 Å². The topological polar surface area (TPSA) is 112 Å². The van der Waals surface area contributed by atoms with Crippen LogP contribution in [0.25, 0.3) is 0 Å². The van der Waals surface area contributed by atoms with Crippen molar-refractivity contribution in [1.82, 2.24) is 14.9 Å². The summed E-state index contributed by atoms with van der Waals surface area (Å²) >= 11 is 0. The molecule has 2 aromatic heterocycles. The number of carbonyl (C=O) groups excluding carboxylic acids is 2. The summed E-state index contributed by atoms with van der Waals surface area (Å²) in [5.74, 6) is -0.0734. The molecule has 4 aromatic rings. The van der Waals surface area contributed by atoms with Gasteiger partial charge in [-0.15, -0.1) is 0 Å². The first-order valence-electron chi connectivity index (χ1n) is 11.9. The summed E-state index contributed by atoms with van der Waals surface area (Å²) < 4.78 is 7.26. The highest BCUT2D eigenvalue weighted by Crippen LogP contribution is 2.17. The van der Waals surface area contributed by atoms with Gasteiger partial charge in [0.05, 0.1) is 5.56 Å². The van der Waals surface area contributed by atoms with Gasteiger partial charge >= 0.3 is 6.09 Å². The minimum Gasteiger partial charge on any atom is -0.443 e. The molecule has 0 atom stereocenters. The van der Waals surface area contributed by atoms with Crippen molar-refractivity contribution in [3.05, 3.63) is 124 Å². The lowest BCUT2D eigenvalue weighted by Crippen LogP contribution is -2.23. The number of nitrogens with two attached hydrogens (primary N) is 1. The molecule has 0 saturated heterocycles. The number of ether oxygens (including phenoxy) is 1. The molecule has 0 bridgehead atoms. The Morgan fingerprint density at radius 1 is 0.946 bits per heavy atom. The van der Waals surface area contributed by atoms with Gasteiger partial charge in [0.1, 0.15) is 12.4 Å². The standard InChI is InChI=1S/C29H29N5O3/c1-20-16-26(21(2)34(20)18-23-12-14-31-15-13-23)28(35)32-17-22-8-10-25(11-9-22)27(30)33-29(36)37-19-24-6-4-3-5-7-24/h3-16H,17-19H2,1-2H3,(H,32,35)(H2,30,33,36). The van der Waals surface area contributed by atoms with E-state index in [1.54, 1.807) is 24.5 Å². The largest absolute Gasteiger partial charge is 0.443 e. The number of pyridine rings is 1. The Labute approximate surface area is 215 Å². The van der Waals surface area contributed by atoms with Gasteiger partial charge in [-0.25, -0.2) is 4.79 Å². The molecule has 2 aromatic carbocycles. The Hall–Kier alpha value is -4.72. The molecular weight excluding hydrogens is 466 g/mol. The lowest BCUT2D eigenvalue weighted by molar-refractivity contribution is 0.0950. The average molecular weight is 496 g/mol. The molecule has 8 nitrogen and oxygen atoms in total. The lowest BCUT2D eigenvalue weighted by Gasteiger charge is -2.10. The fraction of sp³-hybridized carbons (Fsp3) is 0.172. The number of carbonyl (C=O) groups is 2. The molecule has 0 spiro atoms. The van der Waals surface area contributed by atoms with E-state index in [2.05, 4.69) is 19.9 Å². The second kappa shape index (κ2) is 11.8. The monoisotopic (exact) mass is 495 g/mol. The third-order valence-corrected chi connectivity index (χ3v) is 6.03. The highest BCUT2D eigenvalue weighted by molar-refractivity contribution is 6.02. The number of amidine groups is 1. The molecule has 8 heteroatoms. The van der Waals surface area contributed by atoms with Gasteiger partial charge in [-0.1, -0.05) is 54.6 Å². The zero-order valence-corrected chi connectivity index (χ0v) is 20.8. The van der Waals surface area contributed by atoms with Crippen molar-refractivity contribution < 1.29 is 14.3 Å². The van der Waals surface area contributed by atoms with Crippen molar-refractivity contribution in [2.45, 2.75) is 33.5 Å². The van der Waals surface area contributed by atoms with Crippen LogP contribution in [0.2, 0.25) is 0 Å². The van der Waals surface area contributed by atoms with E-state index in [9.17, 15) is 9.59 Å². The Morgan fingerprint density at radius 3 is 2.35 bits per heavy atom. The first-order valence-corrected chi connectivity index (χ1v) is 11.9. The Bertz CT molecular complexity index is 1390. The number of nitrogens with one attached hydrogen (secondary N) is 1. The molecule has 0 fully saturated rings. The van der Waals surface area contributed by atoms with Crippen molar-refractivity contribution in [1.29, 1.82) is 0 Å². The van der Waals surface area contributed by atoms with Crippen molar-refractivity contribution in [2.75, 3.05) is 0 Å². The zero-order valence-electron chi connectivity index (χ0n) is 20.8. The van der Waals surface area contributed by atoms with Gasteiger partial charge in [0.15, 0.2) is 0 Å². The number of amides is 2. The minimum absolute atomic E-state index is 0.0651. The summed E-state index contributed by atoms with van der Waals surface area (Å²) in [6.07, 6.45) is 2.78. The van der Waals surface area contributed by atoms with Crippen LogP contribution in [-0.4, -0.2) is 27.4 Å². The minimum atomic E-state index is -0.751. The van der Waals surface area contributed by atoms with Gasteiger partial charge in [0.2, 0.25) is 0 Å². The summed E-state index contributed by atoms with van der Waals surface area (Å²) in [7, 11) is 0. The molecule has 0 unspecified atom stereocenters. The number of benzene rings is 2. The maximum atomic E-state index is 12.9. The summed E-state index contributed by atoms with van der Waals surface area (Å²) in [6, 6.07) is 22.4. The fourth-order valence-electron chi connectivity index (χ4n) is 3.93. The van der Waals surface area contributed by atoms with Gasteiger partial charge in [-0.05, 0) is 48.7 Å². The number of hydrogen-bond donors (Lipinski definition) is 2. The van der Waals surface area contributed by atoms with Crippen LogP contribution in [0.1, 0.15) is 44.0 Å². The average Bonchev–Trinajstić information content (AvgIpc) is 3.20. The number of aliphatic imine (C=N–C) groups is 1. The quantitative estimate of drug-likeness (QED) is 0.276. The number of aromatic nitrogens is 2. The van der Waals surface area contributed by atoms with Crippen LogP contribution in [0.15, 0.2) is 90.2 Å². The Kier molecular flexibility index (Phi) is 8.10. The van der Waals surface area contributed by atoms with Crippen LogP contribution >= 0.6 is 0 Å². The molecule has 3 N–H and O–H groups in total. The van der Waals surface area contributed by atoms with Crippen molar-refractivity contribution in [3.63, 3.8) is 0 Å². The molecule has 0 radical (unpaired) electrons. The smallest absolute Gasteiger partial charge is 0.435 e. The summed E-state index contributed by atoms with van der Waals surface area (Å²) in [5, 5.41) is 2.98. The first-order chi connectivity index (χ1) is 17.9. The van der Waals surface area contributed by atoms with E-state index in [1.807, 2.05) is 74.5 Å². The van der Waals surface area contributed by atoms with Crippen molar-refractivity contribution in [3.8, 4) is 0 Å². The predicted molar refractivity (Wildman–Crippen MR) is 142 cm³/mol. The molecule has 2 amide bonds. The van der Waals surface area contributed by atoms with Gasteiger partial charge < -0.3 is 20.4 Å². The van der Waals surface area contributed by atoms with E-state index in [1.165, 1.54) is 0 Å². The summed E-state index contributed by atoms with van der Waals surface area (Å²) in [4.78, 5) is 32.8. The first kappa shape index (κ1) is 25.4. The van der Waals surface area contributed by atoms with Gasteiger partial charge in [-0.3, -0.25) is 9.78 Å². The molecule has 0 saturated carbocycles. The van der Waals surface area contributed by atoms with Crippen LogP contribution in [0.5, 0.6) is 0 Å². The van der Waals surface area contributed by atoms with Crippen LogP contribution in [0.3, 0.4) is 0 Å². The highest BCUT2D eigenvalue weighted by Gasteiger charge is 2.16. The molecule has 37 heavy (non-hydrogen) atoms. The fourth-order valence-corrected chi connectivity index (χ4v) is 3.93. The van der Waals surface area contributed by atoms with Crippen LogP contribution in [0, 0.1) is 13.8 Å². The van der Waals surface area contributed by atoms with E-state index in [4.69, 9.17) is 10.5 Å². The second-order valence-corrected chi connectivity index (χ2v) is 8.64. The summed E-state index contributed by atoms with van der Waals surface area (Å²) in [5.41, 5.74) is 12.0. The number of nitrogens with zero attached hydrogens (tertiary/aromatic N) is 3. The molecule has 0 aliphatic heterocycles. The maximum absolute atomic E-state index is 12.9. The lowest BCUT2D eigenvalue weighted by atomic mass is 10.1. The second-order valence-electron chi connectivity index (χ2n) is 8.64. The Morgan fingerprint density at radius 2 is 1.65 bits per heavy atom. The predicted octanol–water partition coefficient (Wildman–Crippen LogP) is 4.52. The van der Waals surface area contributed by atoms with Crippen molar-refractivity contribution >= 4 is 17.8 Å².